The fraction of sp³-hybridized carbons (Fsp3) is 0.625. The normalized spacial score (nSPS) is 27.3. The highest BCUT2D eigenvalue weighted by atomic mass is 35.5. The van der Waals surface area contributed by atoms with Gasteiger partial charge in [0.15, 0.2) is 17.3 Å². The van der Waals surface area contributed by atoms with Gasteiger partial charge in [0, 0.05) is 23.1 Å². The summed E-state index contributed by atoms with van der Waals surface area (Å²) in [6.45, 7) is 1.57. The SMILES string of the molecule is CSC1(C2CC(=O)C(C(=O)/C(C)=N/OC/C=C\Cl)C(=O)C2)CC1. The molecule has 2 aliphatic rings. The lowest BCUT2D eigenvalue weighted by Crippen LogP contribution is -2.43. The van der Waals surface area contributed by atoms with E-state index in [0.717, 1.165) is 12.8 Å². The Labute approximate surface area is 144 Å². The highest BCUT2D eigenvalue weighted by Gasteiger charge is 2.54. The summed E-state index contributed by atoms with van der Waals surface area (Å²) in [7, 11) is 0. The summed E-state index contributed by atoms with van der Waals surface area (Å²) in [6, 6.07) is 0. The van der Waals surface area contributed by atoms with E-state index in [1.165, 1.54) is 18.5 Å². The molecule has 0 atom stereocenters. The Morgan fingerprint density at radius 3 is 2.48 bits per heavy atom. The predicted molar refractivity (Wildman–Crippen MR) is 90.8 cm³/mol. The summed E-state index contributed by atoms with van der Waals surface area (Å²) in [5, 5.41) is 3.65. The number of hydrogen-bond acceptors (Lipinski definition) is 6. The molecular formula is C16H20ClNO4S. The summed E-state index contributed by atoms with van der Waals surface area (Å²) in [5.41, 5.74) is 1.31. The standard InChI is InChI=1S/C16H20ClNO4S/c1-10(18-22-7-3-6-17)15(21)14-12(19)8-11(9-13(14)20)16(23-2)4-5-16/h3,6,11,14H,4-5,7-9H2,1-2H3/b6-3-,18-10+. The number of rotatable bonds is 7. The fourth-order valence-corrected chi connectivity index (χ4v) is 4.09. The number of oxime groups is 1. The van der Waals surface area contributed by atoms with E-state index in [1.807, 2.05) is 6.26 Å². The van der Waals surface area contributed by atoms with Crippen LogP contribution < -0.4 is 0 Å². The van der Waals surface area contributed by atoms with Crippen LogP contribution in [0, 0.1) is 11.8 Å². The minimum Gasteiger partial charge on any atom is -0.391 e. The topological polar surface area (TPSA) is 72.8 Å². The second-order valence-corrected chi connectivity index (χ2v) is 7.41. The van der Waals surface area contributed by atoms with Gasteiger partial charge in [-0.1, -0.05) is 16.8 Å². The Morgan fingerprint density at radius 2 is 2.00 bits per heavy atom. The lowest BCUT2D eigenvalue weighted by Gasteiger charge is -2.30. The summed E-state index contributed by atoms with van der Waals surface area (Å²) in [5.74, 6) is -2.27. The first-order valence-electron chi connectivity index (χ1n) is 7.51. The summed E-state index contributed by atoms with van der Waals surface area (Å²) < 4.78 is 0.0689. The molecule has 0 amide bonds. The van der Waals surface area contributed by atoms with Crippen molar-refractivity contribution in [3.05, 3.63) is 11.6 Å². The first-order valence-corrected chi connectivity index (χ1v) is 9.18. The van der Waals surface area contributed by atoms with E-state index in [2.05, 4.69) is 5.16 Å². The molecule has 2 fully saturated rings. The number of halogens is 1. The number of hydrogen-bond donors (Lipinski definition) is 0. The summed E-state index contributed by atoms with van der Waals surface area (Å²) in [4.78, 5) is 41.9. The van der Waals surface area contributed by atoms with Gasteiger partial charge in [-0.05, 0) is 38.0 Å². The van der Waals surface area contributed by atoms with Gasteiger partial charge in [-0.2, -0.15) is 11.8 Å². The third kappa shape index (κ3) is 4.04. The molecule has 2 saturated carbocycles. The third-order valence-corrected chi connectivity index (χ3v) is 6.25. The van der Waals surface area contributed by atoms with Crippen LogP contribution in [0.2, 0.25) is 0 Å². The van der Waals surface area contributed by atoms with Crippen molar-refractivity contribution < 1.29 is 19.2 Å². The van der Waals surface area contributed by atoms with Gasteiger partial charge in [-0.15, -0.1) is 0 Å². The molecule has 2 rings (SSSR count). The fourth-order valence-electron chi connectivity index (χ4n) is 3.01. The van der Waals surface area contributed by atoms with Crippen LogP contribution in [-0.2, 0) is 19.2 Å². The van der Waals surface area contributed by atoms with Gasteiger partial charge >= 0.3 is 0 Å². The monoisotopic (exact) mass is 357 g/mol. The molecule has 0 bridgehead atoms. The van der Waals surface area contributed by atoms with Crippen molar-refractivity contribution in [1.82, 2.24) is 0 Å². The van der Waals surface area contributed by atoms with Crippen LogP contribution in [0.15, 0.2) is 16.8 Å². The maximum absolute atomic E-state index is 12.4. The molecular weight excluding hydrogens is 338 g/mol. The Morgan fingerprint density at radius 1 is 1.39 bits per heavy atom. The molecule has 0 unspecified atom stereocenters. The van der Waals surface area contributed by atoms with E-state index in [-0.39, 0.29) is 34.5 Å². The van der Waals surface area contributed by atoms with Gasteiger partial charge < -0.3 is 4.84 Å². The molecule has 5 nitrogen and oxygen atoms in total. The molecule has 0 saturated heterocycles. The quantitative estimate of drug-likeness (QED) is 0.303. The van der Waals surface area contributed by atoms with Crippen molar-refractivity contribution in [2.24, 2.45) is 17.0 Å². The Bertz CT molecular complexity index is 550. The Hall–Kier alpha value is -1.14. The average molecular weight is 358 g/mol. The largest absolute Gasteiger partial charge is 0.391 e. The minimum atomic E-state index is -1.21. The Kier molecular flexibility index (Phi) is 6.03. The van der Waals surface area contributed by atoms with Crippen LogP contribution in [0.1, 0.15) is 32.6 Å². The van der Waals surface area contributed by atoms with Crippen molar-refractivity contribution >= 4 is 46.4 Å². The number of thioether (sulfide) groups is 1. The molecule has 0 aromatic rings. The number of Topliss-reactive ketones (excluding diaryl/α,β-unsaturated/α-hetero) is 3. The van der Waals surface area contributed by atoms with E-state index < -0.39 is 11.7 Å². The maximum atomic E-state index is 12.4. The molecule has 0 radical (unpaired) electrons. The summed E-state index contributed by atoms with van der Waals surface area (Å²) in [6.07, 6.45) is 6.21. The van der Waals surface area contributed by atoms with Crippen LogP contribution in [-0.4, -0.2) is 40.7 Å². The lowest BCUT2D eigenvalue weighted by molar-refractivity contribution is -0.141. The van der Waals surface area contributed by atoms with Crippen molar-refractivity contribution in [2.75, 3.05) is 12.9 Å². The highest BCUT2D eigenvalue weighted by Crippen LogP contribution is 2.56. The number of carbonyl (C=O) groups excluding carboxylic acids is 3. The van der Waals surface area contributed by atoms with E-state index in [0.29, 0.717) is 12.8 Å². The number of ketones is 3. The molecule has 7 heteroatoms. The van der Waals surface area contributed by atoms with E-state index in [9.17, 15) is 14.4 Å². The Balaban J connectivity index is 2.01. The zero-order valence-electron chi connectivity index (χ0n) is 13.2. The minimum absolute atomic E-state index is 0.0316. The third-order valence-electron chi connectivity index (χ3n) is 4.51. The number of carbonyl (C=O) groups is 3. The van der Waals surface area contributed by atoms with Crippen LogP contribution >= 0.6 is 23.4 Å². The van der Waals surface area contributed by atoms with Crippen LogP contribution in [0.4, 0.5) is 0 Å². The van der Waals surface area contributed by atoms with Crippen molar-refractivity contribution in [2.45, 2.75) is 37.4 Å². The second-order valence-electron chi connectivity index (χ2n) is 5.94. The first kappa shape index (κ1) is 18.2. The maximum Gasteiger partial charge on any atom is 0.198 e. The predicted octanol–water partition coefficient (Wildman–Crippen LogP) is 2.76. The van der Waals surface area contributed by atoms with Gasteiger partial charge in [0.2, 0.25) is 0 Å². The lowest BCUT2D eigenvalue weighted by atomic mass is 9.75. The van der Waals surface area contributed by atoms with E-state index in [4.69, 9.17) is 16.4 Å². The second kappa shape index (κ2) is 7.62. The van der Waals surface area contributed by atoms with Crippen molar-refractivity contribution in [1.29, 1.82) is 0 Å². The van der Waals surface area contributed by atoms with Gasteiger partial charge in [0.1, 0.15) is 18.2 Å². The molecule has 0 N–H and O–H groups in total. The highest BCUT2D eigenvalue weighted by molar-refractivity contribution is 8.00. The first-order chi connectivity index (χ1) is 10.9. The van der Waals surface area contributed by atoms with E-state index in [1.54, 1.807) is 11.8 Å². The molecule has 126 valence electrons. The van der Waals surface area contributed by atoms with Crippen molar-refractivity contribution in [3.63, 3.8) is 0 Å². The van der Waals surface area contributed by atoms with Gasteiger partial charge in [0.25, 0.3) is 0 Å². The average Bonchev–Trinajstić information content (AvgIpc) is 3.31. The molecule has 0 aliphatic heterocycles. The molecule has 0 spiro atoms. The van der Waals surface area contributed by atoms with Crippen LogP contribution in [0.5, 0.6) is 0 Å². The van der Waals surface area contributed by atoms with Crippen LogP contribution in [0.25, 0.3) is 0 Å². The smallest absolute Gasteiger partial charge is 0.198 e. The molecule has 23 heavy (non-hydrogen) atoms. The molecule has 0 aromatic carbocycles. The molecule has 0 heterocycles. The van der Waals surface area contributed by atoms with E-state index >= 15 is 0 Å². The zero-order chi connectivity index (χ0) is 17.0. The van der Waals surface area contributed by atoms with Gasteiger partial charge in [-0.25, -0.2) is 0 Å². The van der Waals surface area contributed by atoms with Gasteiger partial charge in [0.05, 0.1) is 0 Å². The number of nitrogens with zero attached hydrogens (tertiary/aromatic N) is 1. The molecule has 2 aliphatic carbocycles. The summed E-state index contributed by atoms with van der Waals surface area (Å²) >= 11 is 7.07. The zero-order valence-corrected chi connectivity index (χ0v) is 14.8. The van der Waals surface area contributed by atoms with Crippen molar-refractivity contribution in [3.8, 4) is 0 Å². The van der Waals surface area contributed by atoms with Gasteiger partial charge in [-0.3, -0.25) is 14.4 Å². The van der Waals surface area contributed by atoms with Crippen LogP contribution in [0.3, 0.4) is 0 Å². The molecule has 0 aromatic heterocycles.